The van der Waals surface area contributed by atoms with Gasteiger partial charge in [-0.3, -0.25) is 9.59 Å². The first-order valence-electron chi connectivity index (χ1n) is 6.89. The van der Waals surface area contributed by atoms with Gasteiger partial charge in [0.2, 0.25) is 11.8 Å². The van der Waals surface area contributed by atoms with Crippen LogP contribution in [0.15, 0.2) is 24.3 Å². The molecular formula is C15H24ClN3O2. The molecule has 0 fully saturated rings. The smallest absolute Gasteiger partial charge is 0.244 e. The van der Waals surface area contributed by atoms with E-state index in [1.54, 1.807) is 38.1 Å². The maximum absolute atomic E-state index is 12.0. The maximum Gasteiger partial charge on any atom is 0.244 e. The van der Waals surface area contributed by atoms with Crippen LogP contribution in [0.25, 0.3) is 0 Å². The Morgan fingerprint density at radius 3 is 2.00 bits per heavy atom. The minimum Gasteiger partial charge on any atom is -0.326 e. The van der Waals surface area contributed by atoms with Gasteiger partial charge in [-0.1, -0.05) is 20.3 Å². The lowest BCUT2D eigenvalue weighted by Crippen LogP contribution is -2.48. The van der Waals surface area contributed by atoms with E-state index in [2.05, 4.69) is 10.6 Å². The molecule has 0 aliphatic carbocycles. The number of rotatable bonds is 6. The molecule has 2 amide bonds. The third kappa shape index (κ3) is 6.14. The molecule has 118 valence electrons. The van der Waals surface area contributed by atoms with Crippen LogP contribution in [0.5, 0.6) is 0 Å². The number of benzene rings is 1. The zero-order valence-electron chi connectivity index (χ0n) is 12.7. The molecule has 5 nitrogen and oxygen atoms in total. The second-order valence-corrected chi connectivity index (χ2v) is 5.10. The van der Waals surface area contributed by atoms with Gasteiger partial charge in [-0.25, -0.2) is 0 Å². The summed E-state index contributed by atoms with van der Waals surface area (Å²) in [6.07, 6.45) is 1.91. The number of nitrogens with one attached hydrogen (secondary N) is 2. The molecule has 0 heterocycles. The topological polar surface area (TPSA) is 84.2 Å². The van der Waals surface area contributed by atoms with Gasteiger partial charge in [0.1, 0.15) is 0 Å². The molecule has 0 radical (unpaired) electrons. The first-order chi connectivity index (χ1) is 9.39. The van der Waals surface area contributed by atoms with Crippen molar-refractivity contribution in [3.8, 4) is 0 Å². The van der Waals surface area contributed by atoms with Crippen LogP contribution in [0.3, 0.4) is 0 Å². The van der Waals surface area contributed by atoms with Gasteiger partial charge < -0.3 is 16.4 Å². The van der Waals surface area contributed by atoms with Crippen molar-refractivity contribution < 1.29 is 9.59 Å². The second kappa shape index (κ2) is 8.64. The Labute approximate surface area is 132 Å². The van der Waals surface area contributed by atoms with E-state index in [-0.39, 0.29) is 24.2 Å². The van der Waals surface area contributed by atoms with Crippen molar-refractivity contribution in [1.82, 2.24) is 0 Å². The van der Waals surface area contributed by atoms with E-state index in [9.17, 15) is 9.59 Å². The number of anilines is 2. The number of hydrogen-bond acceptors (Lipinski definition) is 3. The lowest BCUT2D eigenvalue weighted by molar-refractivity contribution is -0.121. The predicted octanol–water partition coefficient (Wildman–Crippen LogP) is 2.91. The summed E-state index contributed by atoms with van der Waals surface area (Å²) < 4.78 is 0. The first-order valence-corrected chi connectivity index (χ1v) is 6.89. The van der Waals surface area contributed by atoms with Gasteiger partial charge in [-0.05, 0) is 37.6 Å². The van der Waals surface area contributed by atoms with Gasteiger partial charge in [0.25, 0.3) is 0 Å². The van der Waals surface area contributed by atoms with Gasteiger partial charge in [-0.15, -0.1) is 12.4 Å². The average Bonchev–Trinajstić information content (AvgIpc) is 2.40. The van der Waals surface area contributed by atoms with E-state index in [0.29, 0.717) is 24.2 Å². The highest BCUT2D eigenvalue weighted by atomic mass is 35.5. The Hall–Kier alpha value is -1.59. The molecule has 4 N–H and O–H groups in total. The first kappa shape index (κ1) is 19.4. The van der Waals surface area contributed by atoms with E-state index >= 15 is 0 Å². The molecule has 1 rings (SSSR count). The Kier molecular flexibility index (Phi) is 7.99. The van der Waals surface area contributed by atoms with Gasteiger partial charge in [0, 0.05) is 17.8 Å². The predicted molar refractivity (Wildman–Crippen MR) is 88.7 cm³/mol. The molecule has 0 aliphatic rings. The number of nitrogens with two attached hydrogens (primary N) is 1. The number of amides is 2. The summed E-state index contributed by atoms with van der Waals surface area (Å²) >= 11 is 0. The minimum absolute atomic E-state index is 0. The van der Waals surface area contributed by atoms with Crippen LogP contribution in [0, 0.1) is 0 Å². The molecule has 0 spiro atoms. The van der Waals surface area contributed by atoms with E-state index in [1.165, 1.54) is 0 Å². The van der Waals surface area contributed by atoms with Crippen LogP contribution < -0.4 is 16.4 Å². The zero-order valence-corrected chi connectivity index (χ0v) is 13.5. The van der Waals surface area contributed by atoms with Crippen molar-refractivity contribution in [2.75, 3.05) is 10.6 Å². The largest absolute Gasteiger partial charge is 0.326 e. The van der Waals surface area contributed by atoms with Crippen LogP contribution >= 0.6 is 12.4 Å². The minimum atomic E-state index is -0.871. The molecule has 0 saturated heterocycles. The highest BCUT2D eigenvalue weighted by Crippen LogP contribution is 2.16. The second-order valence-electron chi connectivity index (χ2n) is 5.10. The molecule has 0 saturated carbocycles. The summed E-state index contributed by atoms with van der Waals surface area (Å²) in [4.78, 5) is 23.3. The van der Waals surface area contributed by atoms with E-state index in [4.69, 9.17) is 5.73 Å². The number of carbonyl (C=O) groups is 2. The maximum atomic E-state index is 12.0. The molecule has 0 aromatic heterocycles. The van der Waals surface area contributed by atoms with Crippen LogP contribution in [-0.4, -0.2) is 17.4 Å². The fourth-order valence-electron chi connectivity index (χ4n) is 1.79. The summed E-state index contributed by atoms with van der Waals surface area (Å²) in [5, 5.41) is 5.53. The fraction of sp³-hybridized carbons (Fsp3) is 0.467. The fourth-order valence-corrected chi connectivity index (χ4v) is 1.79. The van der Waals surface area contributed by atoms with Gasteiger partial charge in [0.05, 0.1) is 5.54 Å². The van der Waals surface area contributed by atoms with Gasteiger partial charge in [-0.2, -0.15) is 0 Å². The molecule has 1 aromatic rings. The average molecular weight is 314 g/mol. The third-order valence-electron chi connectivity index (χ3n) is 3.04. The van der Waals surface area contributed by atoms with E-state index < -0.39 is 5.54 Å². The SMILES string of the molecule is CCCC(C)(N)C(=O)Nc1ccc(NC(=O)CC)cc1.Cl. The van der Waals surface area contributed by atoms with Gasteiger partial charge in [0.15, 0.2) is 0 Å². The molecule has 1 unspecified atom stereocenters. The molecule has 0 aliphatic heterocycles. The van der Waals surface area contributed by atoms with Crippen LogP contribution in [0.4, 0.5) is 11.4 Å². The summed E-state index contributed by atoms with van der Waals surface area (Å²) in [5.41, 5.74) is 6.46. The standard InChI is InChI=1S/C15H23N3O2.ClH/c1-4-10-15(3,16)14(20)18-12-8-6-11(7-9-12)17-13(19)5-2;/h6-9H,4-5,10,16H2,1-3H3,(H,17,19)(H,18,20);1H. The van der Waals surface area contributed by atoms with Crippen LogP contribution in [0.1, 0.15) is 40.0 Å². The Bertz CT molecular complexity index is 472. The number of carbonyl (C=O) groups excluding carboxylic acids is 2. The molecule has 21 heavy (non-hydrogen) atoms. The summed E-state index contributed by atoms with van der Waals surface area (Å²) in [5.74, 6) is -0.246. The van der Waals surface area contributed by atoms with Crippen molar-refractivity contribution in [1.29, 1.82) is 0 Å². The van der Waals surface area contributed by atoms with Crippen molar-refractivity contribution in [3.05, 3.63) is 24.3 Å². The van der Waals surface area contributed by atoms with Crippen molar-refractivity contribution in [3.63, 3.8) is 0 Å². The highest BCUT2D eigenvalue weighted by molar-refractivity contribution is 5.98. The lowest BCUT2D eigenvalue weighted by atomic mass is 9.96. The van der Waals surface area contributed by atoms with Crippen molar-refractivity contribution >= 4 is 35.6 Å². The lowest BCUT2D eigenvalue weighted by Gasteiger charge is -2.22. The molecule has 6 heteroatoms. The summed E-state index contributed by atoms with van der Waals surface area (Å²) in [7, 11) is 0. The Morgan fingerprint density at radius 1 is 1.10 bits per heavy atom. The summed E-state index contributed by atoms with van der Waals surface area (Å²) in [6.45, 7) is 5.50. The number of hydrogen-bond donors (Lipinski definition) is 3. The summed E-state index contributed by atoms with van der Waals surface area (Å²) in [6, 6.07) is 6.98. The zero-order chi connectivity index (χ0) is 15.2. The third-order valence-corrected chi connectivity index (χ3v) is 3.04. The Balaban J connectivity index is 0.00000400. The van der Waals surface area contributed by atoms with Gasteiger partial charge >= 0.3 is 0 Å². The van der Waals surface area contributed by atoms with E-state index in [1.807, 2.05) is 6.92 Å². The van der Waals surface area contributed by atoms with Crippen molar-refractivity contribution in [2.45, 2.75) is 45.6 Å². The molecule has 1 aromatic carbocycles. The van der Waals surface area contributed by atoms with Crippen LogP contribution in [0.2, 0.25) is 0 Å². The van der Waals surface area contributed by atoms with Crippen LogP contribution in [-0.2, 0) is 9.59 Å². The monoisotopic (exact) mass is 313 g/mol. The molecule has 1 atom stereocenters. The van der Waals surface area contributed by atoms with E-state index in [0.717, 1.165) is 6.42 Å². The quantitative estimate of drug-likeness (QED) is 0.755. The van der Waals surface area contributed by atoms with Crippen molar-refractivity contribution in [2.24, 2.45) is 5.73 Å². The molecule has 0 bridgehead atoms. The Morgan fingerprint density at radius 2 is 1.57 bits per heavy atom. The molecular weight excluding hydrogens is 290 g/mol. The highest BCUT2D eigenvalue weighted by Gasteiger charge is 2.26. The number of halogens is 1. The normalized spacial score (nSPS) is 12.8.